The first-order valence-electron chi connectivity index (χ1n) is 9.68. The van der Waals surface area contributed by atoms with Crippen molar-refractivity contribution in [1.82, 2.24) is 4.31 Å². The number of rotatable bonds is 5. The summed E-state index contributed by atoms with van der Waals surface area (Å²) >= 11 is 5.91. The number of sulfonamides is 1. The van der Waals surface area contributed by atoms with Gasteiger partial charge >= 0.3 is 0 Å². The van der Waals surface area contributed by atoms with Crippen molar-refractivity contribution in [2.75, 3.05) is 11.9 Å². The lowest BCUT2D eigenvalue weighted by molar-refractivity contribution is -0.385. The van der Waals surface area contributed by atoms with Gasteiger partial charge in [-0.15, -0.1) is 0 Å². The van der Waals surface area contributed by atoms with Gasteiger partial charge in [0.1, 0.15) is 5.56 Å². The molecule has 8 nitrogen and oxygen atoms in total. The second-order valence-corrected chi connectivity index (χ2v) is 9.63. The highest BCUT2D eigenvalue weighted by atomic mass is 35.5. The fourth-order valence-corrected chi connectivity index (χ4v) is 5.22. The number of nitrogens with zero attached hydrogens (tertiary/aromatic N) is 2. The Labute approximate surface area is 189 Å². The van der Waals surface area contributed by atoms with Gasteiger partial charge in [-0.3, -0.25) is 14.9 Å². The molecular weight excluding hydrogens is 454 g/mol. The number of nitro benzene ring substituents is 1. The van der Waals surface area contributed by atoms with Crippen LogP contribution in [0.15, 0.2) is 71.6 Å². The third kappa shape index (κ3) is 4.36. The summed E-state index contributed by atoms with van der Waals surface area (Å²) in [4.78, 5) is 23.5. The molecule has 1 N–H and O–H groups in total. The van der Waals surface area contributed by atoms with Gasteiger partial charge in [0.2, 0.25) is 10.0 Å². The summed E-state index contributed by atoms with van der Waals surface area (Å²) < 4.78 is 27.3. The monoisotopic (exact) mass is 471 g/mol. The van der Waals surface area contributed by atoms with E-state index in [1.54, 1.807) is 42.5 Å². The van der Waals surface area contributed by atoms with E-state index in [9.17, 15) is 23.3 Å². The Kier molecular flexibility index (Phi) is 5.96. The molecule has 4 rings (SSSR count). The molecular formula is C22H18ClN3O5S. The summed E-state index contributed by atoms with van der Waals surface area (Å²) in [6.07, 6.45) is 0.537. The molecule has 0 saturated heterocycles. The minimum Gasteiger partial charge on any atom is -0.322 e. The maximum Gasteiger partial charge on any atom is 0.282 e. The smallest absolute Gasteiger partial charge is 0.282 e. The highest BCUT2D eigenvalue weighted by Crippen LogP contribution is 2.28. The van der Waals surface area contributed by atoms with Crippen molar-refractivity contribution in [1.29, 1.82) is 0 Å². The van der Waals surface area contributed by atoms with Gasteiger partial charge in [0.05, 0.1) is 9.82 Å². The Hall–Kier alpha value is -3.27. The molecule has 0 unspecified atom stereocenters. The lowest BCUT2D eigenvalue weighted by atomic mass is 10.0. The van der Waals surface area contributed by atoms with Crippen LogP contribution < -0.4 is 5.32 Å². The minimum atomic E-state index is -3.65. The van der Waals surface area contributed by atoms with Crippen molar-refractivity contribution in [2.45, 2.75) is 17.9 Å². The van der Waals surface area contributed by atoms with E-state index in [2.05, 4.69) is 5.32 Å². The molecule has 32 heavy (non-hydrogen) atoms. The van der Waals surface area contributed by atoms with Crippen LogP contribution in [0.1, 0.15) is 21.5 Å². The van der Waals surface area contributed by atoms with Gasteiger partial charge in [-0.05, 0) is 53.9 Å². The fourth-order valence-electron chi connectivity index (χ4n) is 3.60. The fraction of sp³-hybridized carbons (Fsp3) is 0.136. The summed E-state index contributed by atoms with van der Waals surface area (Å²) in [7, 11) is -3.65. The number of fused-ring (bicyclic) bond motifs is 1. The second kappa shape index (κ2) is 8.70. The van der Waals surface area contributed by atoms with Crippen molar-refractivity contribution in [3.8, 4) is 0 Å². The van der Waals surface area contributed by atoms with E-state index in [1.165, 1.54) is 22.5 Å². The zero-order valence-corrected chi connectivity index (χ0v) is 18.3. The summed E-state index contributed by atoms with van der Waals surface area (Å²) in [6.45, 7) is 0.512. The molecule has 1 aliphatic rings. The molecule has 164 valence electrons. The van der Waals surface area contributed by atoms with E-state index in [4.69, 9.17) is 11.6 Å². The molecule has 0 atom stereocenters. The number of amides is 1. The van der Waals surface area contributed by atoms with Crippen molar-refractivity contribution in [3.63, 3.8) is 0 Å². The normalized spacial score (nSPS) is 13.9. The summed E-state index contributed by atoms with van der Waals surface area (Å²) in [5.41, 5.74) is 1.63. The molecule has 3 aromatic carbocycles. The van der Waals surface area contributed by atoms with Crippen LogP contribution in [0.2, 0.25) is 5.02 Å². The van der Waals surface area contributed by atoms with Crippen molar-refractivity contribution < 1.29 is 18.1 Å². The highest BCUT2D eigenvalue weighted by molar-refractivity contribution is 7.89. The summed E-state index contributed by atoms with van der Waals surface area (Å²) in [5, 5.41) is 14.1. The third-order valence-corrected chi connectivity index (χ3v) is 7.32. The quantitative estimate of drug-likeness (QED) is 0.442. The molecule has 0 bridgehead atoms. The second-order valence-electron chi connectivity index (χ2n) is 7.26. The van der Waals surface area contributed by atoms with E-state index in [-0.39, 0.29) is 27.7 Å². The lowest BCUT2D eigenvalue weighted by Crippen LogP contribution is -2.36. The number of nitrogens with one attached hydrogen (secondary N) is 1. The average molecular weight is 472 g/mol. The van der Waals surface area contributed by atoms with Crippen LogP contribution in [-0.2, 0) is 23.0 Å². The van der Waals surface area contributed by atoms with Crippen LogP contribution in [-0.4, -0.2) is 30.1 Å². The first kappa shape index (κ1) is 21.9. The van der Waals surface area contributed by atoms with Gasteiger partial charge in [0.15, 0.2) is 0 Å². The average Bonchev–Trinajstić information content (AvgIpc) is 2.78. The van der Waals surface area contributed by atoms with E-state index >= 15 is 0 Å². The van der Waals surface area contributed by atoms with E-state index in [1.807, 2.05) is 6.07 Å². The van der Waals surface area contributed by atoms with Gasteiger partial charge < -0.3 is 5.32 Å². The van der Waals surface area contributed by atoms with Gasteiger partial charge in [-0.1, -0.05) is 35.9 Å². The van der Waals surface area contributed by atoms with Gasteiger partial charge in [0.25, 0.3) is 11.6 Å². The summed E-state index contributed by atoms with van der Waals surface area (Å²) in [6, 6.07) is 17.2. The van der Waals surface area contributed by atoms with E-state index in [0.29, 0.717) is 18.7 Å². The lowest BCUT2D eigenvalue weighted by Gasteiger charge is -2.28. The number of hydrogen-bond donors (Lipinski definition) is 1. The van der Waals surface area contributed by atoms with Crippen LogP contribution in [0.5, 0.6) is 0 Å². The number of carbonyl (C=O) groups excluding carboxylic acids is 1. The van der Waals surface area contributed by atoms with Gasteiger partial charge in [0, 0.05) is 29.9 Å². The molecule has 3 aromatic rings. The van der Waals surface area contributed by atoms with E-state index < -0.39 is 20.9 Å². The SMILES string of the molecule is O=C(Nc1ccc2c(c1)CN(S(=O)(=O)c1ccccc1)CC2)c1cc(Cl)ccc1[N+](=O)[O-]. The van der Waals surface area contributed by atoms with Crippen LogP contribution in [0.3, 0.4) is 0 Å². The Balaban J connectivity index is 1.58. The van der Waals surface area contributed by atoms with Crippen LogP contribution in [0, 0.1) is 10.1 Å². The Bertz CT molecular complexity index is 1310. The van der Waals surface area contributed by atoms with Gasteiger partial charge in [-0.2, -0.15) is 4.31 Å². The zero-order chi connectivity index (χ0) is 22.9. The molecule has 1 heterocycles. The van der Waals surface area contributed by atoms with Crippen molar-refractivity contribution >= 4 is 38.9 Å². The molecule has 0 aliphatic carbocycles. The van der Waals surface area contributed by atoms with Crippen molar-refractivity contribution in [3.05, 3.63) is 98.6 Å². The van der Waals surface area contributed by atoms with Crippen LogP contribution in [0.25, 0.3) is 0 Å². The zero-order valence-electron chi connectivity index (χ0n) is 16.7. The number of anilines is 1. The van der Waals surface area contributed by atoms with Crippen molar-refractivity contribution in [2.24, 2.45) is 0 Å². The molecule has 1 amide bonds. The molecule has 1 aliphatic heterocycles. The number of hydrogen-bond acceptors (Lipinski definition) is 5. The first-order chi connectivity index (χ1) is 15.3. The number of benzene rings is 3. The maximum atomic E-state index is 13.0. The minimum absolute atomic E-state index is 0.159. The number of nitro groups is 1. The predicted molar refractivity (Wildman–Crippen MR) is 120 cm³/mol. The number of carbonyl (C=O) groups is 1. The Morgan fingerprint density at radius 2 is 1.78 bits per heavy atom. The Morgan fingerprint density at radius 3 is 2.50 bits per heavy atom. The highest BCUT2D eigenvalue weighted by Gasteiger charge is 2.28. The van der Waals surface area contributed by atoms with Gasteiger partial charge in [-0.25, -0.2) is 8.42 Å². The number of halogens is 1. The third-order valence-electron chi connectivity index (χ3n) is 5.22. The largest absolute Gasteiger partial charge is 0.322 e. The molecule has 0 aromatic heterocycles. The molecule has 0 fully saturated rings. The topological polar surface area (TPSA) is 110 Å². The maximum absolute atomic E-state index is 13.0. The first-order valence-corrected chi connectivity index (χ1v) is 11.5. The predicted octanol–water partition coefficient (Wildman–Crippen LogP) is 4.25. The molecule has 0 radical (unpaired) electrons. The summed E-state index contributed by atoms with van der Waals surface area (Å²) in [5.74, 6) is -0.677. The van der Waals surface area contributed by atoms with Crippen LogP contribution >= 0.6 is 11.6 Å². The standard InChI is InChI=1S/C22H18ClN3O5S/c23-17-7-9-21(26(28)29)20(13-17)22(27)24-18-8-6-15-10-11-25(14-16(15)12-18)32(30,31)19-4-2-1-3-5-19/h1-9,12-13H,10-11,14H2,(H,24,27). The Morgan fingerprint density at radius 1 is 1.03 bits per heavy atom. The molecule has 10 heteroatoms. The molecule has 0 spiro atoms. The van der Waals surface area contributed by atoms with Crippen LogP contribution in [0.4, 0.5) is 11.4 Å². The molecule has 0 saturated carbocycles. The van der Waals surface area contributed by atoms with E-state index in [0.717, 1.165) is 11.1 Å².